The van der Waals surface area contributed by atoms with E-state index in [1.807, 2.05) is 11.8 Å². The van der Waals surface area contributed by atoms with E-state index in [4.69, 9.17) is 11.5 Å². The first-order valence-electron chi connectivity index (χ1n) is 7.78. The number of ketones is 1. The molecule has 3 atom stereocenters. The van der Waals surface area contributed by atoms with E-state index in [9.17, 15) is 9.59 Å². The van der Waals surface area contributed by atoms with Gasteiger partial charge in [-0.15, -0.1) is 0 Å². The number of aromatic nitrogens is 1. The van der Waals surface area contributed by atoms with Gasteiger partial charge in [-0.2, -0.15) is 11.8 Å². The van der Waals surface area contributed by atoms with Crippen LogP contribution in [0.15, 0.2) is 12.1 Å². The first kappa shape index (κ1) is 15.9. The predicted molar refractivity (Wildman–Crippen MR) is 91.3 cm³/mol. The van der Waals surface area contributed by atoms with Gasteiger partial charge in [0.1, 0.15) is 11.6 Å². The van der Waals surface area contributed by atoms with Crippen LogP contribution >= 0.6 is 11.8 Å². The number of carbonyl (C=O) groups is 2. The van der Waals surface area contributed by atoms with Crippen LogP contribution in [0.4, 0.5) is 16.4 Å². The average molecular weight is 335 g/mol. The van der Waals surface area contributed by atoms with Crippen LogP contribution in [0, 0.1) is 0 Å². The summed E-state index contributed by atoms with van der Waals surface area (Å²) in [5, 5.41) is 6.34. The molecule has 7 nitrogen and oxygen atoms in total. The number of Topliss-reactive ketones (excluding diaryl/α,β-unsaturated/α-hetero) is 1. The van der Waals surface area contributed by atoms with Crippen molar-refractivity contribution in [3.8, 4) is 0 Å². The minimum atomic E-state index is -0.0631. The van der Waals surface area contributed by atoms with Crippen molar-refractivity contribution in [1.29, 1.82) is 0 Å². The number of fused-ring (bicyclic) bond motifs is 1. The Morgan fingerprint density at radius 3 is 2.91 bits per heavy atom. The van der Waals surface area contributed by atoms with Crippen LogP contribution < -0.4 is 22.1 Å². The van der Waals surface area contributed by atoms with Gasteiger partial charge < -0.3 is 22.1 Å². The quantitative estimate of drug-likeness (QED) is 0.351. The van der Waals surface area contributed by atoms with Crippen molar-refractivity contribution in [1.82, 2.24) is 15.6 Å². The Kier molecular flexibility index (Phi) is 4.61. The molecular weight excluding hydrogens is 314 g/mol. The fourth-order valence-electron chi connectivity index (χ4n) is 3.14. The number of nitrogen functional groups attached to an aromatic ring is 2. The summed E-state index contributed by atoms with van der Waals surface area (Å²) < 4.78 is 0. The third-order valence-electron chi connectivity index (χ3n) is 4.33. The van der Waals surface area contributed by atoms with Gasteiger partial charge in [0.25, 0.3) is 0 Å². The highest BCUT2D eigenvalue weighted by Crippen LogP contribution is 2.33. The van der Waals surface area contributed by atoms with Crippen molar-refractivity contribution in [3.05, 3.63) is 17.7 Å². The van der Waals surface area contributed by atoms with Gasteiger partial charge in [0, 0.05) is 17.4 Å². The van der Waals surface area contributed by atoms with Crippen LogP contribution in [-0.4, -0.2) is 39.9 Å². The van der Waals surface area contributed by atoms with Crippen LogP contribution in [0.1, 0.15) is 36.0 Å². The molecule has 2 aliphatic rings. The fraction of sp³-hybridized carbons (Fsp3) is 0.533. The number of urea groups is 1. The van der Waals surface area contributed by atoms with Crippen molar-refractivity contribution in [3.63, 3.8) is 0 Å². The van der Waals surface area contributed by atoms with Gasteiger partial charge in [-0.3, -0.25) is 4.79 Å². The Bertz CT molecular complexity index is 624. The molecule has 2 amide bonds. The highest BCUT2D eigenvalue weighted by Gasteiger charge is 2.42. The number of nitrogens with zero attached hydrogens (tertiary/aromatic N) is 1. The molecule has 0 radical (unpaired) electrons. The Hall–Kier alpha value is -1.96. The largest absolute Gasteiger partial charge is 0.384 e. The molecular formula is C15H21N5O2S. The summed E-state index contributed by atoms with van der Waals surface area (Å²) in [6, 6.07) is 3.64. The highest BCUT2D eigenvalue weighted by atomic mass is 32.2. The molecule has 2 aliphatic heterocycles. The smallest absolute Gasteiger partial charge is 0.315 e. The molecule has 0 saturated carbocycles. The van der Waals surface area contributed by atoms with E-state index in [0.717, 1.165) is 25.0 Å². The van der Waals surface area contributed by atoms with E-state index < -0.39 is 0 Å². The lowest BCUT2D eigenvalue weighted by molar-refractivity contribution is 0.0979. The normalized spacial score (nSPS) is 25.7. The lowest BCUT2D eigenvalue weighted by Gasteiger charge is -2.16. The van der Waals surface area contributed by atoms with Crippen molar-refractivity contribution >= 4 is 35.2 Å². The molecule has 23 heavy (non-hydrogen) atoms. The first-order chi connectivity index (χ1) is 11.0. The Balaban J connectivity index is 1.43. The molecule has 0 bridgehead atoms. The summed E-state index contributed by atoms with van der Waals surface area (Å²) in [5.41, 5.74) is 11.7. The van der Waals surface area contributed by atoms with Crippen molar-refractivity contribution < 1.29 is 9.59 Å². The summed E-state index contributed by atoms with van der Waals surface area (Å²) in [4.78, 5) is 27.4. The van der Waals surface area contributed by atoms with E-state index in [0.29, 0.717) is 23.1 Å². The summed E-state index contributed by atoms with van der Waals surface area (Å²) in [5.74, 6) is 1.48. The SMILES string of the molecule is Nc1ccc(C(=O)CCCC[C@@H]2SC[C@@H]3NC(=O)N[C@@H]32)c(N)n1. The molecule has 0 unspecified atom stereocenters. The number of carbonyl (C=O) groups excluding carboxylic acids is 2. The van der Waals surface area contributed by atoms with E-state index >= 15 is 0 Å². The number of hydrogen-bond donors (Lipinski definition) is 4. The number of pyridine rings is 1. The maximum absolute atomic E-state index is 12.2. The number of nitrogens with one attached hydrogen (secondary N) is 2. The van der Waals surface area contributed by atoms with E-state index in [1.165, 1.54) is 0 Å². The number of hydrogen-bond acceptors (Lipinski definition) is 6. The number of rotatable bonds is 6. The number of nitrogens with two attached hydrogens (primary N) is 2. The van der Waals surface area contributed by atoms with E-state index in [-0.39, 0.29) is 29.7 Å². The molecule has 6 N–H and O–H groups in total. The summed E-state index contributed by atoms with van der Waals surface area (Å²) in [6.07, 6.45) is 3.20. The summed E-state index contributed by atoms with van der Waals surface area (Å²) >= 11 is 1.89. The molecule has 3 rings (SSSR count). The minimum absolute atomic E-state index is 0.00258. The maximum atomic E-state index is 12.2. The molecule has 0 spiro atoms. The Morgan fingerprint density at radius 2 is 2.13 bits per heavy atom. The second kappa shape index (κ2) is 6.66. The summed E-state index contributed by atoms with van der Waals surface area (Å²) in [6.45, 7) is 0. The number of amides is 2. The standard InChI is InChI=1S/C15H21N5O2S/c16-12-6-5-8(14(17)19-12)10(21)3-1-2-4-11-13-9(7-23-11)18-15(22)20-13/h5-6,9,11,13H,1-4,7H2,(H4,16,17,19)(H2,18,20,22)/t9-,11-,13-/m0/s1. The van der Waals surface area contributed by atoms with Crippen molar-refractivity contribution in [2.45, 2.75) is 43.0 Å². The third-order valence-corrected chi connectivity index (χ3v) is 5.84. The minimum Gasteiger partial charge on any atom is -0.384 e. The Morgan fingerprint density at radius 1 is 1.30 bits per heavy atom. The van der Waals surface area contributed by atoms with Crippen molar-refractivity contribution in [2.24, 2.45) is 0 Å². The van der Waals surface area contributed by atoms with Gasteiger partial charge in [0.15, 0.2) is 5.78 Å². The summed E-state index contributed by atoms with van der Waals surface area (Å²) in [7, 11) is 0. The lowest BCUT2D eigenvalue weighted by atomic mass is 10.0. The molecule has 8 heteroatoms. The number of anilines is 2. The van der Waals surface area contributed by atoms with Crippen LogP contribution in [0.2, 0.25) is 0 Å². The molecule has 124 valence electrons. The third kappa shape index (κ3) is 3.52. The van der Waals surface area contributed by atoms with Crippen LogP contribution in [0.25, 0.3) is 0 Å². The van der Waals surface area contributed by atoms with E-state index in [1.54, 1.807) is 12.1 Å². The topological polar surface area (TPSA) is 123 Å². The first-order valence-corrected chi connectivity index (χ1v) is 8.83. The predicted octanol–water partition coefficient (Wildman–Crippen LogP) is 1.15. The highest BCUT2D eigenvalue weighted by molar-refractivity contribution is 8.00. The second-order valence-electron chi connectivity index (χ2n) is 5.96. The second-order valence-corrected chi connectivity index (χ2v) is 7.23. The number of thioether (sulfide) groups is 1. The zero-order valence-electron chi connectivity index (χ0n) is 12.7. The fourth-order valence-corrected chi connectivity index (χ4v) is 4.68. The van der Waals surface area contributed by atoms with Gasteiger partial charge in [0.05, 0.1) is 17.6 Å². The van der Waals surface area contributed by atoms with E-state index in [2.05, 4.69) is 15.6 Å². The zero-order chi connectivity index (χ0) is 16.4. The molecule has 2 fully saturated rings. The molecule has 0 aliphatic carbocycles. The van der Waals surface area contributed by atoms with Gasteiger partial charge in [-0.25, -0.2) is 9.78 Å². The van der Waals surface area contributed by atoms with Gasteiger partial charge in [-0.1, -0.05) is 6.42 Å². The zero-order valence-corrected chi connectivity index (χ0v) is 13.6. The molecule has 1 aromatic heterocycles. The number of unbranched alkanes of at least 4 members (excludes halogenated alkanes) is 1. The lowest BCUT2D eigenvalue weighted by Crippen LogP contribution is -2.36. The molecule has 1 aromatic rings. The van der Waals surface area contributed by atoms with Crippen LogP contribution in [0.3, 0.4) is 0 Å². The van der Waals surface area contributed by atoms with Gasteiger partial charge in [-0.05, 0) is 25.0 Å². The molecule has 0 aromatic carbocycles. The van der Waals surface area contributed by atoms with Gasteiger partial charge >= 0.3 is 6.03 Å². The monoisotopic (exact) mass is 335 g/mol. The van der Waals surface area contributed by atoms with Gasteiger partial charge in [0.2, 0.25) is 0 Å². The van der Waals surface area contributed by atoms with Crippen molar-refractivity contribution in [2.75, 3.05) is 17.2 Å². The van der Waals surface area contributed by atoms with Crippen LogP contribution in [0.5, 0.6) is 0 Å². The maximum Gasteiger partial charge on any atom is 0.315 e. The average Bonchev–Trinajstić information content (AvgIpc) is 3.03. The van der Waals surface area contributed by atoms with Crippen LogP contribution in [-0.2, 0) is 0 Å². The Labute approximate surface area is 139 Å². The molecule has 3 heterocycles. The molecule has 2 saturated heterocycles.